The number of aliphatic carboxylic acids is 1. The quantitative estimate of drug-likeness (QED) is 0.410. The summed E-state index contributed by atoms with van der Waals surface area (Å²) in [4.78, 5) is 35.9. The van der Waals surface area contributed by atoms with Crippen LogP contribution in [0.25, 0.3) is 11.0 Å². The Bertz CT molecular complexity index is 1170. The zero-order valence-corrected chi connectivity index (χ0v) is 19.4. The Kier molecular flexibility index (Phi) is 8.54. The second kappa shape index (κ2) is 11.6. The van der Waals surface area contributed by atoms with E-state index in [1.807, 2.05) is 43.3 Å². The summed E-state index contributed by atoms with van der Waals surface area (Å²) in [6.07, 6.45) is 1.65. The zero-order chi connectivity index (χ0) is 23.8. The number of ether oxygens (including phenoxy) is 1. The Morgan fingerprint density at radius 3 is 2.64 bits per heavy atom. The third-order valence-electron chi connectivity index (χ3n) is 5.10. The molecule has 1 aromatic heterocycles. The second-order valence-electron chi connectivity index (χ2n) is 7.65. The molecule has 2 N–H and O–H groups in total. The van der Waals surface area contributed by atoms with Gasteiger partial charge in [-0.15, -0.1) is 0 Å². The molecule has 0 saturated heterocycles. The fraction of sp³-hybridized carbons (Fsp3) is 0.320. The molecule has 0 fully saturated rings. The number of aryl methyl sites for hydroxylation is 2. The number of nitrogens with one attached hydrogen (secondary N) is 1. The van der Waals surface area contributed by atoms with E-state index in [0.717, 1.165) is 29.4 Å². The molecule has 0 aliphatic heterocycles. The normalized spacial score (nSPS) is 11.8. The summed E-state index contributed by atoms with van der Waals surface area (Å²) in [7, 11) is 0. The van der Waals surface area contributed by atoms with Crippen LogP contribution in [0.3, 0.4) is 0 Å². The second-order valence-corrected chi connectivity index (χ2v) is 8.68. The lowest BCUT2D eigenvalue weighted by Crippen LogP contribution is -2.44. The third kappa shape index (κ3) is 6.61. The van der Waals surface area contributed by atoms with E-state index in [1.165, 1.54) is 17.8 Å². The molecule has 0 spiro atoms. The van der Waals surface area contributed by atoms with E-state index < -0.39 is 23.5 Å². The van der Waals surface area contributed by atoms with Crippen LogP contribution in [-0.4, -0.2) is 35.4 Å². The first-order valence-electron chi connectivity index (χ1n) is 10.7. The average Bonchev–Trinajstić information content (AvgIpc) is 2.79. The molecule has 8 heteroatoms. The van der Waals surface area contributed by atoms with Gasteiger partial charge in [0.15, 0.2) is 6.61 Å². The Balaban J connectivity index is 1.61. The summed E-state index contributed by atoms with van der Waals surface area (Å²) in [5.41, 5.74) is 2.62. The van der Waals surface area contributed by atoms with Crippen molar-refractivity contribution in [1.29, 1.82) is 0 Å². The molecule has 1 amide bonds. The van der Waals surface area contributed by atoms with E-state index in [0.29, 0.717) is 22.6 Å². The van der Waals surface area contributed by atoms with Crippen molar-refractivity contribution in [1.82, 2.24) is 5.32 Å². The van der Waals surface area contributed by atoms with Crippen LogP contribution in [0.4, 0.5) is 0 Å². The number of benzene rings is 2. The molecule has 0 aliphatic carbocycles. The van der Waals surface area contributed by atoms with Gasteiger partial charge in [0.25, 0.3) is 5.91 Å². The van der Waals surface area contributed by atoms with Gasteiger partial charge in [0.05, 0.1) is 0 Å². The average molecular weight is 470 g/mol. The topological polar surface area (TPSA) is 106 Å². The van der Waals surface area contributed by atoms with E-state index in [1.54, 1.807) is 13.0 Å². The van der Waals surface area contributed by atoms with E-state index in [9.17, 15) is 19.5 Å². The molecule has 0 bridgehead atoms. The van der Waals surface area contributed by atoms with Gasteiger partial charge in [0.1, 0.15) is 17.4 Å². The SMILES string of the molecule is CCCc1cc(=O)oc2c(C)c(OCC(=O)N[C@H](CSCc3ccccc3)C(=O)O)ccc12. The van der Waals surface area contributed by atoms with Crippen molar-refractivity contribution in [3.63, 3.8) is 0 Å². The predicted molar refractivity (Wildman–Crippen MR) is 129 cm³/mol. The van der Waals surface area contributed by atoms with Crippen LogP contribution < -0.4 is 15.7 Å². The number of carboxylic acid groups (broad SMARTS) is 1. The van der Waals surface area contributed by atoms with Gasteiger partial charge in [-0.25, -0.2) is 9.59 Å². The number of carbonyl (C=O) groups is 2. The lowest BCUT2D eigenvalue weighted by Gasteiger charge is -2.16. The predicted octanol–water partition coefficient (Wildman–Crippen LogP) is 3.94. The molecule has 2 aromatic carbocycles. The smallest absolute Gasteiger partial charge is 0.336 e. The monoisotopic (exact) mass is 469 g/mol. The van der Waals surface area contributed by atoms with Gasteiger partial charge >= 0.3 is 11.6 Å². The maximum Gasteiger partial charge on any atom is 0.336 e. The number of carboxylic acids is 1. The van der Waals surface area contributed by atoms with Crippen molar-refractivity contribution in [2.24, 2.45) is 0 Å². The molecule has 1 heterocycles. The molecular formula is C25H27NO6S. The number of hydrogen-bond donors (Lipinski definition) is 2. The minimum Gasteiger partial charge on any atom is -0.483 e. The lowest BCUT2D eigenvalue weighted by molar-refractivity contribution is -0.141. The van der Waals surface area contributed by atoms with Crippen molar-refractivity contribution in [3.05, 3.63) is 75.6 Å². The largest absolute Gasteiger partial charge is 0.483 e. The highest BCUT2D eigenvalue weighted by molar-refractivity contribution is 7.98. The van der Waals surface area contributed by atoms with Crippen LogP contribution in [0.1, 0.15) is 30.0 Å². The minimum absolute atomic E-state index is 0.232. The fourth-order valence-corrected chi connectivity index (χ4v) is 4.47. The van der Waals surface area contributed by atoms with Gasteiger partial charge in [-0.2, -0.15) is 11.8 Å². The summed E-state index contributed by atoms with van der Waals surface area (Å²) in [5.74, 6) is -0.353. The zero-order valence-electron chi connectivity index (χ0n) is 18.6. The van der Waals surface area contributed by atoms with Crippen molar-refractivity contribution in [2.45, 2.75) is 38.5 Å². The molecule has 7 nitrogen and oxygen atoms in total. The van der Waals surface area contributed by atoms with Gasteiger partial charge in [0, 0.05) is 28.5 Å². The van der Waals surface area contributed by atoms with Crippen LogP contribution in [0.2, 0.25) is 0 Å². The van der Waals surface area contributed by atoms with Gasteiger partial charge in [-0.05, 0) is 36.6 Å². The third-order valence-corrected chi connectivity index (χ3v) is 6.21. The molecule has 0 unspecified atom stereocenters. The number of amides is 1. The number of hydrogen-bond acceptors (Lipinski definition) is 6. The summed E-state index contributed by atoms with van der Waals surface area (Å²) in [6.45, 7) is 3.45. The van der Waals surface area contributed by atoms with Gasteiger partial charge in [-0.3, -0.25) is 4.79 Å². The number of carbonyl (C=O) groups excluding carboxylic acids is 1. The first-order chi connectivity index (χ1) is 15.9. The van der Waals surface area contributed by atoms with Gasteiger partial charge in [0.2, 0.25) is 0 Å². The van der Waals surface area contributed by atoms with Crippen molar-refractivity contribution in [3.8, 4) is 5.75 Å². The van der Waals surface area contributed by atoms with Crippen LogP contribution in [-0.2, 0) is 21.8 Å². The Hall–Kier alpha value is -3.26. The number of fused-ring (bicyclic) bond motifs is 1. The maximum atomic E-state index is 12.4. The Morgan fingerprint density at radius 1 is 1.18 bits per heavy atom. The molecule has 1 atom stereocenters. The molecule has 3 aromatic rings. The van der Waals surface area contributed by atoms with E-state index >= 15 is 0 Å². The molecular weight excluding hydrogens is 442 g/mol. The highest BCUT2D eigenvalue weighted by Gasteiger charge is 2.20. The molecule has 0 radical (unpaired) electrons. The Labute approximate surface area is 196 Å². The molecule has 174 valence electrons. The molecule has 3 rings (SSSR count). The summed E-state index contributed by atoms with van der Waals surface area (Å²) < 4.78 is 11.0. The minimum atomic E-state index is -1.10. The lowest BCUT2D eigenvalue weighted by atomic mass is 10.0. The Morgan fingerprint density at radius 2 is 1.94 bits per heavy atom. The maximum absolute atomic E-state index is 12.4. The van der Waals surface area contributed by atoms with Crippen LogP contribution in [0, 0.1) is 6.92 Å². The fourth-order valence-electron chi connectivity index (χ4n) is 3.46. The highest BCUT2D eigenvalue weighted by Crippen LogP contribution is 2.29. The first kappa shape index (κ1) is 24.4. The van der Waals surface area contributed by atoms with Crippen LogP contribution in [0.5, 0.6) is 5.75 Å². The van der Waals surface area contributed by atoms with Crippen LogP contribution in [0.15, 0.2) is 57.7 Å². The van der Waals surface area contributed by atoms with Crippen molar-refractivity contribution in [2.75, 3.05) is 12.4 Å². The van der Waals surface area contributed by atoms with E-state index in [-0.39, 0.29) is 12.4 Å². The number of thioether (sulfide) groups is 1. The molecule has 33 heavy (non-hydrogen) atoms. The van der Waals surface area contributed by atoms with Crippen molar-refractivity contribution < 1.29 is 23.8 Å². The summed E-state index contributed by atoms with van der Waals surface area (Å²) >= 11 is 1.43. The van der Waals surface area contributed by atoms with E-state index in [4.69, 9.17) is 9.15 Å². The number of rotatable bonds is 11. The standard InChI is InChI=1S/C25H27NO6S/c1-3-7-18-12-23(28)32-24-16(2)21(11-10-19(18)24)31-13-22(27)26-20(25(29)30)15-33-14-17-8-5-4-6-9-17/h4-6,8-12,20H,3,7,13-15H2,1-2H3,(H,26,27)(H,29,30)/t20-/m1/s1. The van der Waals surface area contributed by atoms with Crippen molar-refractivity contribution >= 4 is 34.6 Å². The molecule has 0 saturated carbocycles. The van der Waals surface area contributed by atoms with Gasteiger partial charge in [-0.1, -0.05) is 43.7 Å². The van der Waals surface area contributed by atoms with Gasteiger partial charge < -0.3 is 19.6 Å². The summed E-state index contributed by atoms with van der Waals surface area (Å²) in [6, 6.07) is 13.7. The molecule has 0 aliphatic rings. The first-order valence-corrected chi connectivity index (χ1v) is 11.9. The highest BCUT2D eigenvalue weighted by atomic mass is 32.2. The summed E-state index contributed by atoms with van der Waals surface area (Å²) in [5, 5.41) is 12.8. The van der Waals surface area contributed by atoms with Crippen LogP contribution >= 0.6 is 11.8 Å². The van der Waals surface area contributed by atoms with E-state index in [2.05, 4.69) is 5.32 Å².